The molecule has 0 aromatic heterocycles. The first kappa shape index (κ1) is 13.9. The second-order valence-electron chi connectivity index (χ2n) is 4.85. The Kier molecular flexibility index (Phi) is 7.20. The van der Waals surface area contributed by atoms with Crippen LogP contribution >= 0.6 is 0 Å². The van der Waals surface area contributed by atoms with Crippen LogP contribution in [0.3, 0.4) is 0 Å². The maximum absolute atomic E-state index is 3.49. The van der Waals surface area contributed by atoms with Crippen molar-refractivity contribution in [3.63, 3.8) is 0 Å². The van der Waals surface area contributed by atoms with Gasteiger partial charge in [-0.2, -0.15) is 0 Å². The fourth-order valence-electron chi connectivity index (χ4n) is 1.61. The molecule has 0 saturated heterocycles. The average molecular weight is 200 g/mol. The van der Waals surface area contributed by atoms with E-state index in [1.807, 2.05) is 0 Å². The highest BCUT2D eigenvalue weighted by molar-refractivity contribution is 4.67. The minimum atomic E-state index is 0.603. The van der Waals surface area contributed by atoms with Crippen LogP contribution in [0.2, 0.25) is 0 Å². The molecule has 0 rings (SSSR count). The third-order valence-corrected chi connectivity index (χ3v) is 2.56. The number of nitrogens with one attached hydrogen (secondary N) is 1. The molecule has 0 spiro atoms. The van der Waals surface area contributed by atoms with Gasteiger partial charge in [-0.3, -0.25) is 0 Å². The van der Waals surface area contributed by atoms with E-state index in [4.69, 9.17) is 0 Å². The summed E-state index contributed by atoms with van der Waals surface area (Å²) in [5.74, 6) is 0.736. The smallest absolute Gasteiger partial charge is 0.00385 e. The number of hydrogen-bond donors (Lipinski definition) is 1. The second kappa shape index (κ2) is 7.24. The third kappa shape index (κ3) is 6.39. The van der Waals surface area contributed by atoms with Crippen LogP contribution in [0.15, 0.2) is 0 Å². The molecule has 86 valence electrons. The first-order valence-corrected chi connectivity index (χ1v) is 5.94. The van der Waals surface area contributed by atoms with E-state index in [0.29, 0.717) is 12.1 Å². The first-order chi connectivity index (χ1) is 6.47. The quantitative estimate of drug-likeness (QED) is 0.678. The fraction of sp³-hybridized carbons (Fsp3) is 1.00. The third-order valence-electron chi connectivity index (χ3n) is 2.56. The number of hydrogen-bond acceptors (Lipinski definition) is 2. The van der Waals surface area contributed by atoms with E-state index >= 15 is 0 Å². The van der Waals surface area contributed by atoms with Crippen molar-refractivity contribution in [1.29, 1.82) is 0 Å². The SMILES string of the molecule is CCN(CC(C)CNC(C)C)C(C)C. The Morgan fingerprint density at radius 1 is 1.07 bits per heavy atom. The molecule has 0 radical (unpaired) electrons. The zero-order chi connectivity index (χ0) is 11.1. The Morgan fingerprint density at radius 3 is 2.00 bits per heavy atom. The van der Waals surface area contributed by atoms with Gasteiger partial charge in [-0.25, -0.2) is 0 Å². The van der Waals surface area contributed by atoms with Gasteiger partial charge >= 0.3 is 0 Å². The standard InChI is InChI=1S/C12H28N2/c1-7-14(11(4)5)9-12(6)8-13-10(2)3/h10-13H,7-9H2,1-6H3. The summed E-state index contributed by atoms with van der Waals surface area (Å²) in [5.41, 5.74) is 0. The van der Waals surface area contributed by atoms with Crippen molar-refractivity contribution in [2.24, 2.45) is 5.92 Å². The van der Waals surface area contributed by atoms with Crippen LogP contribution < -0.4 is 5.32 Å². The molecule has 14 heavy (non-hydrogen) atoms. The molecule has 1 unspecified atom stereocenters. The topological polar surface area (TPSA) is 15.3 Å². The maximum atomic E-state index is 3.49. The van der Waals surface area contributed by atoms with E-state index < -0.39 is 0 Å². The Balaban J connectivity index is 3.73. The zero-order valence-corrected chi connectivity index (χ0v) is 10.8. The molecule has 0 fully saturated rings. The molecule has 0 amide bonds. The monoisotopic (exact) mass is 200 g/mol. The molecule has 0 heterocycles. The van der Waals surface area contributed by atoms with Gasteiger partial charge in [-0.05, 0) is 32.9 Å². The number of nitrogens with zero attached hydrogens (tertiary/aromatic N) is 1. The summed E-state index contributed by atoms with van der Waals surface area (Å²) in [6.45, 7) is 17.0. The van der Waals surface area contributed by atoms with Crippen LogP contribution in [0.5, 0.6) is 0 Å². The Bertz CT molecular complexity index is 132. The summed E-state index contributed by atoms with van der Waals surface area (Å²) in [4.78, 5) is 2.52. The lowest BCUT2D eigenvalue weighted by Crippen LogP contribution is -2.38. The molecule has 1 atom stereocenters. The van der Waals surface area contributed by atoms with E-state index in [-0.39, 0.29) is 0 Å². The number of rotatable bonds is 7. The lowest BCUT2D eigenvalue weighted by atomic mass is 10.1. The molecular weight excluding hydrogens is 172 g/mol. The molecule has 0 aliphatic heterocycles. The highest BCUT2D eigenvalue weighted by Crippen LogP contribution is 2.03. The Hall–Kier alpha value is -0.0800. The van der Waals surface area contributed by atoms with Gasteiger partial charge in [0.25, 0.3) is 0 Å². The van der Waals surface area contributed by atoms with Crippen LogP contribution in [0.25, 0.3) is 0 Å². The van der Waals surface area contributed by atoms with Crippen LogP contribution in [-0.4, -0.2) is 36.6 Å². The van der Waals surface area contributed by atoms with Gasteiger partial charge in [0.15, 0.2) is 0 Å². The molecule has 2 heteroatoms. The predicted octanol–water partition coefficient (Wildman–Crippen LogP) is 2.35. The van der Waals surface area contributed by atoms with Gasteiger partial charge in [0.2, 0.25) is 0 Å². The molecule has 0 aromatic carbocycles. The van der Waals surface area contributed by atoms with E-state index in [0.717, 1.165) is 19.0 Å². The average Bonchev–Trinajstić information content (AvgIpc) is 2.10. The highest BCUT2D eigenvalue weighted by Gasteiger charge is 2.11. The molecule has 0 aliphatic rings. The van der Waals surface area contributed by atoms with Gasteiger partial charge in [0.1, 0.15) is 0 Å². The van der Waals surface area contributed by atoms with Crippen LogP contribution in [0, 0.1) is 5.92 Å². The lowest BCUT2D eigenvalue weighted by Gasteiger charge is -2.28. The lowest BCUT2D eigenvalue weighted by molar-refractivity contribution is 0.199. The van der Waals surface area contributed by atoms with E-state index in [2.05, 4.69) is 51.8 Å². The highest BCUT2D eigenvalue weighted by atomic mass is 15.1. The largest absolute Gasteiger partial charge is 0.314 e. The van der Waals surface area contributed by atoms with Crippen molar-refractivity contribution in [3.05, 3.63) is 0 Å². The summed E-state index contributed by atoms with van der Waals surface area (Å²) in [7, 11) is 0. The molecule has 0 saturated carbocycles. The van der Waals surface area contributed by atoms with Gasteiger partial charge < -0.3 is 10.2 Å². The van der Waals surface area contributed by atoms with Gasteiger partial charge in [0.05, 0.1) is 0 Å². The van der Waals surface area contributed by atoms with Crippen molar-refractivity contribution < 1.29 is 0 Å². The van der Waals surface area contributed by atoms with Gasteiger partial charge in [-0.15, -0.1) is 0 Å². The molecule has 1 N–H and O–H groups in total. The summed E-state index contributed by atoms with van der Waals surface area (Å²) >= 11 is 0. The minimum Gasteiger partial charge on any atom is -0.314 e. The summed E-state index contributed by atoms with van der Waals surface area (Å²) in [6, 6.07) is 1.27. The van der Waals surface area contributed by atoms with E-state index in [9.17, 15) is 0 Å². The Morgan fingerprint density at radius 2 is 1.64 bits per heavy atom. The van der Waals surface area contributed by atoms with Crippen molar-refractivity contribution in [3.8, 4) is 0 Å². The summed E-state index contributed by atoms with van der Waals surface area (Å²) < 4.78 is 0. The maximum Gasteiger partial charge on any atom is 0.00385 e. The van der Waals surface area contributed by atoms with Crippen molar-refractivity contribution >= 4 is 0 Å². The predicted molar refractivity (Wildman–Crippen MR) is 64.7 cm³/mol. The van der Waals surface area contributed by atoms with Crippen LogP contribution in [0.1, 0.15) is 41.5 Å². The minimum absolute atomic E-state index is 0.603. The summed E-state index contributed by atoms with van der Waals surface area (Å²) in [6.07, 6.45) is 0. The van der Waals surface area contributed by atoms with Crippen LogP contribution in [-0.2, 0) is 0 Å². The summed E-state index contributed by atoms with van der Waals surface area (Å²) in [5, 5.41) is 3.49. The first-order valence-electron chi connectivity index (χ1n) is 5.94. The van der Waals surface area contributed by atoms with Crippen LogP contribution in [0.4, 0.5) is 0 Å². The van der Waals surface area contributed by atoms with Gasteiger partial charge in [-0.1, -0.05) is 27.7 Å². The molecule has 0 aromatic rings. The second-order valence-corrected chi connectivity index (χ2v) is 4.85. The van der Waals surface area contributed by atoms with Crippen molar-refractivity contribution in [2.75, 3.05) is 19.6 Å². The van der Waals surface area contributed by atoms with Gasteiger partial charge in [0, 0.05) is 18.6 Å². The molecular formula is C12H28N2. The normalized spacial score (nSPS) is 14.4. The van der Waals surface area contributed by atoms with E-state index in [1.165, 1.54) is 6.54 Å². The Labute approximate surface area is 90.1 Å². The molecule has 0 bridgehead atoms. The van der Waals surface area contributed by atoms with E-state index in [1.54, 1.807) is 0 Å². The molecule has 0 aliphatic carbocycles. The molecule has 2 nitrogen and oxygen atoms in total. The fourth-order valence-corrected chi connectivity index (χ4v) is 1.61. The van der Waals surface area contributed by atoms with Crippen molar-refractivity contribution in [2.45, 2.75) is 53.6 Å². The zero-order valence-electron chi connectivity index (χ0n) is 10.8. The van der Waals surface area contributed by atoms with Crippen molar-refractivity contribution in [1.82, 2.24) is 10.2 Å².